The van der Waals surface area contributed by atoms with Crippen LogP contribution in [0.2, 0.25) is 0 Å². The Kier molecular flexibility index (Phi) is 11.8. The quantitative estimate of drug-likeness (QED) is 0.349. The minimum absolute atomic E-state index is 0.0860. The summed E-state index contributed by atoms with van der Waals surface area (Å²) < 4.78 is 5.82. The Bertz CT molecular complexity index is 1490. The van der Waals surface area contributed by atoms with Gasteiger partial charge in [-0.2, -0.15) is 5.26 Å². The monoisotopic (exact) mass is 544 g/mol. The molecule has 2 N–H and O–H groups in total. The molecule has 2 amide bonds. The summed E-state index contributed by atoms with van der Waals surface area (Å²) in [4.78, 5) is 38.8. The number of aromatic nitrogens is 3. The van der Waals surface area contributed by atoms with Gasteiger partial charge in [0.2, 0.25) is 12.2 Å². The molecule has 11 heteroatoms. The molecule has 4 rings (SSSR count). The molecule has 0 bridgehead atoms. The SMILES string of the molecule is CN(C)C(=O)c1cccc(C#N)c1.Cc1nc(C(C)Cc2ccccc2)n(C)c(=O)c1O.O=CNc1cnoc1. The smallest absolute Gasteiger partial charge is 0.295 e. The topological polar surface area (TPSA) is 154 Å². The lowest BCUT2D eigenvalue weighted by Crippen LogP contribution is -2.24. The molecule has 208 valence electrons. The number of carbonyl (C=O) groups excluding carboxylic acids is 2. The van der Waals surface area contributed by atoms with E-state index in [4.69, 9.17) is 5.26 Å². The maximum absolute atomic E-state index is 11.8. The number of hydrogen-bond acceptors (Lipinski definition) is 8. The number of benzene rings is 2. The summed E-state index contributed by atoms with van der Waals surface area (Å²) in [5.74, 6) is 0.457. The second-order valence-electron chi connectivity index (χ2n) is 8.93. The second-order valence-corrected chi connectivity index (χ2v) is 8.93. The Morgan fingerprint density at radius 1 is 1.23 bits per heavy atom. The fraction of sp³-hybridized carbons (Fsp3) is 0.241. The van der Waals surface area contributed by atoms with Crippen LogP contribution in [0.5, 0.6) is 5.75 Å². The second kappa shape index (κ2) is 15.2. The van der Waals surface area contributed by atoms with E-state index in [9.17, 15) is 19.5 Å². The first kappa shape index (κ1) is 31.0. The molecule has 2 aromatic carbocycles. The average molecular weight is 545 g/mol. The highest BCUT2D eigenvalue weighted by Crippen LogP contribution is 2.19. The Labute approximate surface area is 232 Å². The van der Waals surface area contributed by atoms with Crippen molar-refractivity contribution < 1.29 is 19.2 Å². The Balaban J connectivity index is 0.000000230. The summed E-state index contributed by atoms with van der Waals surface area (Å²) in [7, 11) is 5.01. The highest BCUT2D eigenvalue weighted by Gasteiger charge is 2.16. The van der Waals surface area contributed by atoms with Crippen LogP contribution in [0, 0.1) is 18.3 Å². The number of hydrogen-bond donors (Lipinski definition) is 2. The number of aromatic hydroxyl groups is 1. The fourth-order valence-corrected chi connectivity index (χ4v) is 3.54. The minimum Gasteiger partial charge on any atom is -0.502 e. The molecule has 11 nitrogen and oxygen atoms in total. The van der Waals surface area contributed by atoms with E-state index in [1.165, 1.54) is 27.5 Å². The third-order valence-electron chi connectivity index (χ3n) is 5.60. The maximum Gasteiger partial charge on any atom is 0.295 e. The van der Waals surface area contributed by atoms with Gasteiger partial charge in [0.15, 0.2) is 0 Å². The highest BCUT2D eigenvalue weighted by atomic mass is 16.5. The fourth-order valence-electron chi connectivity index (χ4n) is 3.54. The predicted octanol–water partition coefficient (Wildman–Crippen LogP) is 3.64. The molecule has 4 aromatic rings. The zero-order valence-corrected chi connectivity index (χ0v) is 23.0. The van der Waals surface area contributed by atoms with Gasteiger partial charge in [-0.25, -0.2) is 4.98 Å². The van der Waals surface area contributed by atoms with Crippen LogP contribution < -0.4 is 10.9 Å². The van der Waals surface area contributed by atoms with Crippen LogP contribution in [0.1, 0.15) is 45.8 Å². The van der Waals surface area contributed by atoms with E-state index in [1.54, 1.807) is 52.3 Å². The molecule has 2 aromatic heterocycles. The summed E-state index contributed by atoms with van der Waals surface area (Å²) >= 11 is 0. The van der Waals surface area contributed by atoms with Gasteiger partial charge in [-0.3, -0.25) is 19.0 Å². The first-order valence-corrected chi connectivity index (χ1v) is 12.2. The molecule has 0 fully saturated rings. The Hall–Kier alpha value is -5.24. The van der Waals surface area contributed by atoms with Gasteiger partial charge < -0.3 is 19.8 Å². The van der Waals surface area contributed by atoms with Crippen LogP contribution in [-0.4, -0.2) is 51.1 Å². The predicted molar refractivity (Wildman–Crippen MR) is 150 cm³/mol. The molecular weight excluding hydrogens is 512 g/mol. The van der Waals surface area contributed by atoms with Gasteiger partial charge in [0, 0.05) is 32.6 Å². The molecule has 0 aliphatic carbocycles. The lowest BCUT2D eigenvalue weighted by Gasteiger charge is -2.16. The Morgan fingerprint density at radius 3 is 2.50 bits per heavy atom. The van der Waals surface area contributed by atoms with Crippen molar-refractivity contribution in [3.63, 3.8) is 0 Å². The molecule has 0 aliphatic rings. The number of aryl methyl sites for hydroxylation is 1. The molecule has 1 unspecified atom stereocenters. The van der Waals surface area contributed by atoms with Crippen molar-refractivity contribution in [2.75, 3.05) is 19.4 Å². The third-order valence-corrected chi connectivity index (χ3v) is 5.60. The number of nitrogens with zero attached hydrogens (tertiary/aromatic N) is 5. The van der Waals surface area contributed by atoms with Gasteiger partial charge in [0.1, 0.15) is 17.8 Å². The summed E-state index contributed by atoms with van der Waals surface area (Å²) in [5, 5.41) is 23.9. The van der Waals surface area contributed by atoms with Crippen molar-refractivity contribution in [3.8, 4) is 11.8 Å². The van der Waals surface area contributed by atoms with E-state index < -0.39 is 0 Å². The zero-order valence-electron chi connectivity index (χ0n) is 23.0. The molecule has 0 saturated carbocycles. The minimum atomic E-state index is -0.387. The summed E-state index contributed by atoms with van der Waals surface area (Å²) in [6, 6.07) is 18.7. The lowest BCUT2D eigenvalue weighted by atomic mass is 10.00. The highest BCUT2D eigenvalue weighted by molar-refractivity contribution is 5.94. The van der Waals surface area contributed by atoms with Gasteiger partial charge in [-0.05, 0) is 37.1 Å². The van der Waals surface area contributed by atoms with Crippen molar-refractivity contribution in [1.29, 1.82) is 5.26 Å². The van der Waals surface area contributed by atoms with Crippen molar-refractivity contribution in [3.05, 3.63) is 106 Å². The first-order chi connectivity index (χ1) is 19.1. The van der Waals surface area contributed by atoms with Crippen molar-refractivity contribution in [2.45, 2.75) is 26.2 Å². The Morgan fingerprint density at radius 2 is 1.93 bits per heavy atom. The van der Waals surface area contributed by atoms with E-state index in [2.05, 4.69) is 32.1 Å². The van der Waals surface area contributed by atoms with Gasteiger partial charge >= 0.3 is 0 Å². The largest absolute Gasteiger partial charge is 0.502 e. The van der Waals surface area contributed by atoms with Crippen LogP contribution in [0.15, 0.2) is 76.4 Å². The molecule has 0 radical (unpaired) electrons. The number of rotatable bonds is 6. The number of amides is 2. The van der Waals surface area contributed by atoms with Gasteiger partial charge in [0.05, 0.1) is 23.5 Å². The van der Waals surface area contributed by atoms with Gasteiger partial charge in [-0.1, -0.05) is 48.5 Å². The van der Waals surface area contributed by atoms with Crippen LogP contribution in [0.4, 0.5) is 5.69 Å². The lowest BCUT2D eigenvalue weighted by molar-refractivity contribution is -0.105. The van der Waals surface area contributed by atoms with Crippen LogP contribution >= 0.6 is 0 Å². The van der Waals surface area contributed by atoms with Gasteiger partial charge in [-0.15, -0.1) is 0 Å². The number of nitriles is 1. The normalized spacial score (nSPS) is 10.5. The number of carbonyl (C=O) groups is 2. The van der Waals surface area contributed by atoms with E-state index in [1.807, 2.05) is 31.2 Å². The molecule has 0 saturated heterocycles. The molecule has 1 atom stereocenters. The van der Waals surface area contributed by atoms with Gasteiger partial charge in [0.25, 0.3) is 11.5 Å². The van der Waals surface area contributed by atoms with Crippen molar-refractivity contribution >= 4 is 18.0 Å². The summed E-state index contributed by atoms with van der Waals surface area (Å²) in [6.45, 7) is 3.68. The maximum atomic E-state index is 11.8. The summed E-state index contributed by atoms with van der Waals surface area (Å²) in [5.41, 5.74) is 2.83. The van der Waals surface area contributed by atoms with E-state index in [0.717, 1.165) is 6.42 Å². The number of anilines is 1. The molecular formula is C29H32N6O5. The van der Waals surface area contributed by atoms with Crippen LogP contribution in [0.25, 0.3) is 0 Å². The molecule has 0 spiro atoms. The van der Waals surface area contributed by atoms with E-state index >= 15 is 0 Å². The van der Waals surface area contributed by atoms with Crippen LogP contribution in [0.3, 0.4) is 0 Å². The zero-order chi connectivity index (χ0) is 29.7. The number of nitrogens with one attached hydrogen (secondary N) is 1. The molecule has 0 aliphatic heterocycles. The molecule has 40 heavy (non-hydrogen) atoms. The van der Waals surface area contributed by atoms with Crippen molar-refractivity contribution in [2.24, 2.45) is 7.05 Å². The van der Waals surface area contributed by atoms with Crippen molar-refractivity contribution in [1.82, 2.24) is 19.6 Å². The van der Waals surface area contributed by atoms with E-state index in [-0.39, 0.29) is 23.1 Å². The van der Waals surface area contributed by atoms with E-state index in [0.29, 0.717) is 34.7 Å². The average Bonchev–Trinajstić information content (AvgIpc) is 3.48. The first-order valence-electron chi connectivity index (χ1n) is 12.2. The standard InChI is InChI=1S/C15H18N2O2.C10H10N2O.C4H4N2O2/c1-10(9-12-7-5-4-6-8-12)14-16-11(2)13(18)15(19)17(14)3;1-12(2)10(13)9-5-3-4-8(6-9)7-11;7-3-5-4-1-6-8-2-4/h4-8,10,18H,9H2,1-3H3;3-6H,1-2H3;1-3H,(H,5,7). The third kappa shape index (κ3) is 8.95. The summed E-state index contributed by atoms with van der Waals surface area (Å²) in [6.07, 6.45) is 4.13. The molecule has 2 heterocycles. The van der Waals surface area contributed by atoms with Crippen LogP contribution in [-0.2, 0) is 18.3 Å².